The molecule has 0 saturated heterocycles. The van der Waals surface area contributed by atoms with Crippen LogP contribution in [0.15, 0.2) is 68.4 Å². The zero-order valence-corrected chi connectivity index (χ0v) is 14.8. The van der Waals surface area contributed by atoms with E-state index in [9.17, 15) is 10.0 Å². The first-order valence-corrected chi connectivity index (χ1v) is 8.41. The molecule has 4 aromatic rings. The molecule has 0 amide bonds. The summed E-state index contributed by atoms with van der Waals surface area (Å²) < 4.78 is 7.06. The van der Waals surface area contributed by atoms with E-state index in [2.05, 4.69) is 21.1 Å². The molecule has 1 N–H and O–H groups in total. The SMILES string of the molecule is Cc1ccc(-c2noc3c2c(=O)cc(-c2ccc(Br)cc2)n3O)cc1. The smallest absolute Gasteiger partial charge is 0.276 e. The summed E-state index contributed by atoms with van der Waals surface area (Å²) in [4.78, 5) is 12.7. The van der Waals surface area contributed by atoms with Gasteiger partial charge < -0.3 is 9.73 Å². The zero-order chi connectivity index (χ0) is 17.6. The summed E-state index contributed by atoms with van der Waals surface area (Å²) in [7, 11) is 0. The van der Waals surface area contributed by atoms with Crippen LogP contribution >= 0.6 is 15.9 Å². The molecule has 0 bridgehead atoms. The summed E-state index contributed by atoms with van der Waals surface area (Å²) >= 11 is 3.37. The standard InChI is InChI=1S/C19H13BrN2O3/c1-11-2-4-13(5-3-11)18-17-16(23)10-15(22(24)19(17)25-21-18)12-6-8-14(20)9-7-12/h2-10,24H,1H3. The first-order valence-electron chi connectivity index (χ1n) is 7.62. The van der Waals surface area contributed by atoms with Crippen molar-refractivity contribution in [1.82, 2.24) is 9.89 Å². The number of halogens is 1. The van der Waals surface area contributed by atoms with Gasteiger partial charge in [0.25, 0.3) is 5.71 Å². The molecule has 124 valence electrons. The molecule has 0 aliphatic carbocycles. The Balaban J connectivity index is 1.95. The van der Waals surface area contributed by atoms with E-state index in [4.69, 9.17) is 4.52 Å². The van der Waals surface area contributed by atoms with E-state index in [0.717, 1.165) is 20.3 Å². The molecule has 2 aromatic carbocycles. The topological polar surface area (TPSA) is 68.3 Å². The summed E-state index contributed by atoms with van der Waals surface area (Å²) in [5, 5.41) is 14.8. The maximum absolute atomic E-state index is 12.7. The number of nitrogens with zero attached hydrogens (tertiary/aromatic N) is 2. The third-order valence-electron chi connectivity index (χ3n) is 4.07. The Morgan fingerprint density at radius 2 is 1.68 bits per heavy atom. The lowest BCUT2D eigenvalue weighted by Gasteiger charge is -2.07. The van der Waals surface area contributed by atoms with Crippen molar-refractivity contribution >= 4 is 27.0 Å². The lowest BCUT2D eigenvalue weighted by Crippen LogP contribution is -2.09. The monoisotopic (exact) mass is 396 g/mol. The maximum atomic E-state index is 12.7. The molecule has 0 atom stereocenters. The van der Waals surface area contributed by atoms with Crippen molar-refractivity contribution in [2.45, 2.75) is 6.92 Å². The van der Waals surface area contributed by atoms with E-state index in [1.807, 2.05) is 43.3 Å². The molecular weight excluding hydrogens is 384 g/mol. The van der Waals surface area contributed by atoms with Gasteiger partial charge in [-0.3, -0.25) is 4.79 Å². The van der Waals surface area contributed by atoms with Gasteiger partial charge in [0.1, 0.15) is 11.1 Å². The largest absolute Gasteiger partial charge is 0.425 e. The van der Waals surface area contributed by atoms with Crippen LogP contribution < -0.4 is 5.43 Å². The minimum Gasteiger partial charge on any atom is -0.425 e. The van der Waals surface area contributed by atoms with Gasteiger partial charge in [-0.25, -0.2) is 0 Å². The number of hydrogen-bond donors (Lipinski definition) is 1. The van der Waals surface area contributed by atoms with Crippen LogP contribution in [0.25, 0.3) is 33.6 Å². The molecule has 0 spiro atoms. The van der Waals surface area contributed by atoms with Crippen LogP contribution in [0, 0.1) is 6.92 Å². The van der Waals surface area contributed by atoms with Crippen molar-refractivity contribution in [3.63, 3.8) is 0 Å². The van der Waals surface area contributed by atoms with Gasteiger partial charge in [0.2, 0.25) is 0 Å². The Kier molecular flexibility index (Phi) is 3.69. The number of pyridine rings is 1. The van der Waals surface area contributed by atoms with Crippen molar-refractivity contribution in [1.29, 1.82) is 0 Å². The highest BCUT2D eigenvalue weighted by Crippen LogP contribution is 2.29. The van der Waals surface area contributed by atoms with E-state index < -0.39 is 0 Å². The fourth-order valence-corrected chi connectivity index (χ4v) is 3.01. The molecule has 2 heterocycles. The minimum absolute atomic E-state index is 0.0287. The van der Waals surface area contributed by atoms with Gasteiger partial charge in [-0.05, 0) is 19.1 Å². The number of benzene rings is 2. The maximum Gasteiger partial charge on any atom is 0.276 e. The third kappa shape index (κ3) is 2.64. The molecule has 0 saturated carbocycles. The van der Waals surface area contributed by atoms with Crippen LogP contribution in [0.4, 0.5) is 0 Å². The highest BCUT2D eigenvalue weighted by atomic mass is 79.9. The molecule has 2 aromatic heterocycles. The second-order valence-electron chi connectivity index (χ2n) is 5.79. The number of hydrogen-bond acceptors (Lipinski definition) is 4. The fourth-order valence-electron chi connectivity index (χ4n) is 2.75. The Morgan fingerprint density at radius 3 is 2.36 bits per heavy atom. The molecular formula is C19H13BrN2O3. The normalized spacial score (nSPS) is 11.1. The van der Waals surface area contributed by atoms with Crippen LogP contribution in [-0.4, -0.2) is 15.1 Å². The Hall–Kier alpha value is -2.86. The number of fused-ring (bicyclic) bond motifs is 1. The molecule has 0 aliphatic rings. The predicted molar refractivity (Wildman–Crippen MR) is 98.8 cm³/mol. The lowest BCUT2D eigenvalue weighted by atomic mass is 10.1. The van der Waals surface area contributed by atoms with E-state index in [1.54, 1.807) is 12.1 Å². The minimum atomic E-state index is -0.255. The molecule has 4 rings (SSSR count). The Labute approximate surface area is 151 Å². The average molecular weight is 397 g/mol. The molecule has 0 aliphatic heterocycles. The fraction of sp³-hybridized carbons (Fsp3) is 0.0526. The lowest BCUT2D eigenvalue weighted by molar-refractivity contribution is 0.185. The van der Waals surface area contributed by atoms with Crippen molar-refractivity contribution < 1.29 is 9.73 Å². The Bertz CT molecular complexity index is 1130. The second kappa shape index (κ2) is 5.89. The summed E-state index contributed by atoms with van der Waals surface area (Å²) in [6, 6.07) is 16.3. The van der Waals surface area contributed by atoms with Crippen LogP contribution in [0.5, 0.6) is 0 Å². The van der Waals surface area contributed by atoms with Crippen LogP contribution in [0.3, 0.4) is 0 Å². The summed E-state index contributed by atoms with van der Waals surface area (Å²) in [5.41, 5.74) is 3.10. The zero-order valence-electron chi connectivity index (χ0n) is 13.2. The van der Waals surface area contributed by atoms with Crippen molar-refractivity contribution in [2.75, 3.05) is 0 Å². The van der Waals surface area contributed by atoms with Crippen LogP contribution in [0.1, 0.15) is 5.56 Å². The van der Waals surface area contributed by atoms with Crippen molar-refractivity contribution in [2.24, 2.45) is 0 Å². The van der Waals surface area contributed by atoms with E-state index in [1.165, 1.54) is 6.07 Å². The van der Waals surface area contributed by atoms with Crippen LogP contribution in [0.2, 0.25) is 0 Å². The van der Waals surface area contributed by atoms with Gasteiger partial charge in [-0.2, -0.15) is 0 Å². The number of rotatable bonds is 2. The summed E-state index contributed by atoms with van der Waals surface area (Å²) in [6.45, 7) is 1.98. The second-order valence-corrected chi connectivity index (χ2v) is 6.71. The molecule has 6 heteroatoms. The van der Waals surface area contributed by atoms with E-state index in [-0.39, 0.29) is 16.5 Å². The van der Waals surface area contributed by atoms with Gasteiger partial charge in [0.15, 0.2) is 5.43 Å². The Morgan fingerprint density at radius 1 is 1.04 bits per heavy atom. The molecule has 0 fully saturated rings. The first kappa shape index (κ1) is 15.7. The van der Waals surface area contributed by atoms with Crippen molar-refractivity contribution in [3.8, 4) is 22.5 Å². The molecule has 0 radical (unpaired) electrons. The number of aromatic nitrogens is 2. The third-order valence-corrected chi connectivity index (χ3v) is 4.60. The quantitative estimate of drug-likeness (QED) is 0.501. The highest BCUT2D eigenvalue weighted by Gasteiger charge is 2.19. The summed E-state index contributed by atoms with van der Waals surface area (Å²) in [6.07, 6.45) is 0. The van der Waals surface area contributed by atoms with Gasteiger partial charge in [0.05, 0.1) is 5.69 Å². The van der Waals surface area contributed by atoms with Gasteiger partial charge in [-0.15, -0.1) is 4.73 Å². The molecule has 5 nitrogen and oxygen atoms in total. The summed E-state index contributed by atoms with van der Waals surface area (Å²) in [5.74, 6) is 0. The molecule has 25 heavy (non-hydrogen) atoms. The highest BCUT2D eigenvalue weighted by molar-refractivity contribution is 9.10. The van der Waals surface area contributed by atoms with Crippen LogP contribution in [-0.2, 0) is 0 Å². The van der Waals surface area contributed by atoms with Crippen molar-refractivity contribution in [3.05, 3.63) is 74.9 Å². The van der Waals surface area contributed by atoms with Gasteiger partial charge in [0, 0.05) is 21.7 Å². The predicted octanol–water partition coefficient (Wildman–Crippen LogP) is 4.63. The van der Waals surface area contributed by atoms with Gasteiger partial charge in [-0.1, -0.05) is 63.0 Å². The van der Waals surface area contributed by atoms with Gasteiger partial charge >= 0.3 is 0 Å². The molecule has 0 unspecified atom stereocenters. The van der Waals surface area contributed by atoms with E-state index in [0.29, 0.717) is 17.0 Å². The number of aryl methyl sites for hydroxylation is 1. The first-order chi connectivity index (χ1) is 12.0. The van der Waals surface area contributed by atoms with E-state index >= 15 is 0 Å². The average Bonchev–Trinajstić information content (AvgIpc) is 3.06.